The second kappa shape index (κ2) is 14.5. The summed E-state index contributed by atoms with van der Waals surface area (Å²) in [5, 5.41) is 11.5. The summed E-state index contributed by atoms with van der Waals surface area (Å²) in [4.78, 5) is 69.9. The fourth-order valence-electron chi connectivity index (χ4n) is 8.88. The van der Waals surface area contributed by atoms with Crippen LogP contribution in [-0.4, -0.2) is 102 Å². The van der Waals surface area contributed by atoms with Gasteiger partial charge in [0.25, 0.3) is 5.91 Å². The Kier molecular flexibility index (Phi) is 11.3. The number of hydrogen-bond donors (Lipinski definition) is 4. The van der Waals surface area contributed by atoms with Crippen molar-refractivity contribution in [2.75, 3.05) is 19.3 Å². The molecule has 14 heteroatoms. The molecule has 0 aromatic heterocycles. The first kappa shape index (κ1) is 40.4. The smallest absolute Gasteiger partial charge is 0.315 e. The first-order valence-corrected chi connectivity index (χ1v) is 21.2. The third-order valence-corrected chi connectivity index (χ3v) is 15.2. The van der Waals surface area contributed by atoms with Gasteiger partial charge < -0.3 is 26.2 Å². The van der Waals surface area contributed by atoms with Crippen LogP contribution in [0.2, 0.25) is 0 Å². The number of sulfonamides is 1. The van der Waals surface area contributed by atoms with Gasteiger partial charge in [-0.1, -0.05) is 67.2 Å². The molecule has 4 N–H and O–H groups in total. The van der Waals surface area contributed by atoms with E-state index in [1.807, 2.05) is 41.5 Å². The van der Waals surface area contributed by atoms with Gasteiger partial charge in [0.15, 0.2) is 0 Å². The molecule has 1 aliphatic heterocycles. The molecule has 0 radical (unpaired) electrons. The van der Waals surface area contributed by atoms with Crippen molar-refractivity contribution in [1.29, 1.82) is 0 Å². The number of rotatable bonds is 15. The van der Waals surface area contributed by atoms with Gasteiger partial charge >= 0.3 is 6.03 Å². The summed E-state index contributed by atoms with van der Waals surface area (Å²) < 4.78 is 29.2. The Labute approximate surface area is 311 Å². The quantitative estimate of drug-likeness (QED) is 0.186. The van der Waals surface area contributed by atoms with Gasteiger partial charge in [-0.15, -0.1) is 0 Å². The molecule has 52 heavy (non-hydrogen) atoms. The third kappa shape index (κ3) is 8.47. The molecule has 5 atom stereocenters. The maximum Gasteiger partial charge on any atom is 0.315 e. The van der Waals surface area contributed by atoms with Crippen LogP contribution in [0, 0.1) is 28.6 Å². The summed E-state index contributed by atoms with van der Waals surface area (Å²) >= 11 is 0. The summed E-state index contributed by atoms with van der Waals surface area (Å²) in [5.41, 5.74) is -2.48. The van der Waals surface area contributed by atoms with Gasteiger partial charge in [-0.3, -0.25) is 19.2 Å². The standard InChI is InChI=1S/C38H64N6O7S/c1-10-14-26(29(45)32(47)39-24-17-18-24)40-31(46)28-27-25(36(27,5)6)21-44(28)33(48)30(35(2,3)4)41-34(49)42-38(19-12-11-13-20-38)22-52(50,51)43(9)37(7,8)23-15-16-23/h23-28,30H,10-22H2,1-9H3,(H,39,47)(H,40,46)(H2,41,42,49)/t25-,26-,27-,28-,30+/m0/s1. The largest absolute Gasteiger partial charge is 0.347 e. The zero-order valence-corrected chi connectivity index (χ0v) is 33.7. The third-order valence-electron chi connectivity index (χ3n) is 12.9. The normalized spacial score (nSPS) is 26.5. The molecule has 13 nitrogen and oxygen atoms in total. The van der Waals surface area contributed by atoms with Gasteiger partial charge in [0, 0.05) is 25.2 Å². The molecule has 5 amide bonds. The van der Waals surface area contributed by atoms with Gasteiger partial charge in [-0.05, 0) is 87.4 Å². The maximum absolute atomic E-state index is 14.5. The Balaban J connectivity index is 1.32. The number of hydrogen-bond acceptors (Lipinski definition) is 7. The van der Waals surface area contributed by atoms with Crippen LogP contribution in [0.3, 0.4) is 0 Å². The predicted octanol–water partition coefficient (Wildman–Crippen LogP) is 3.47. The molecule has 0 unspecified atom stereocenters. The molecule has 5 rings (SSSR count). The van der Waals surface area contributed by atoms with E-state index in [0.29, 0.717) is 38.1 Å². The molecule has 0 spiro atoms. The van der Waals surface area contributed by atoms with Crippen LogP contribution in [0.15, 0.2) is 0 Å². The molecule has 4 saturated carbocycles. The number of urea groups is 1. The Hall–Kier alpha value is -2.74. The fourth-order valence-corrected chi connectivity index (χ4v) is 11.0. The van der Waals surface area contributed by atoms with Crippen molar-refractivity contribution in [3.63, 3.8) is 0 Å². The number of carbonyl (C=O) groups is 5. The van der Waals surface area contributed by atoms with Crippen LogP contribution in [0.5, 0.6) is 0 Å². The van der Waals surface area contributed by atoms with Gasteiger partial charge in [-0.2, -0.15) is 4.31 Å². The van der Waals surface area contributed by atoms with Crippen LogP contribution < -0.4 is 21.3 Å². The van der Waals surface area contributed by atoms with Crippen molar-refractivity contribution in [2.24, 2.45) is 28.6 Å². The predicted molar refractivity (Wildman–Crippen MR) is 198 cm³/mol. The van der Waals surface area contributed by atoms with Crippen LogP contribution in [0.1, 0.15) is 126 Å². The molecule has 0 bridgehead atoms. The molecule has 4 aliphatic carbocycles. The van der Waals surface area contributed by atoms with Crippen LogP contribution in [0.4, 0.5) is 4.79 Å². The van der Waals surface area contributed by atoms with E-state index in [9.17, 15) is 32.4 Å². The number of fused-ring (bicyclic) bond motifs is 1. The lowest BCUT2D eigenvalue weighted by Crippen LogP contribution is -2.64. The summed E-state index contributed by atoms with van der Waals surface area (Å²) in [6.45, 7) is 15.8. The summed E-state index contributed by atoms with van der Waals surface area (Å²) in [7, 11) is -2.11. The molecular formula is C38H64N6O7S. The fraction of sp³-hybridized carbons (Fsp3) is 0.868. The zero-order valence-electron chi connectivity index (χ0n) is 32.9. The average Bonchev–Trinajstić information content (AvgIpc) is 3.99. The van der Waals surface area contributed by atoms with E-state index in [-0.39, 0.29) is 29.0 Å². The molecule has 5 fully saturated rings. The molecule has 294 valence electrons. The lowest BCUT2D eigenvalue weighted by Gasteiger charge is -2.42. The Morgan fingerprint density at radius 1 is 0.923 bits per heavy atom. The number of nitrogens with one attached hydrogen (secondary N) is 4. The summed E-state index contributed by atoms with van der Waals surface area (Å²) in [6.07, 6.45) is 8.03. The van der Waals surface area contributed by atoms with Crippen LogP contribution in [0.25, 0.3) is 0 Å². The number of likely N-dealkylation sites (tertiary alicyclic amines) is 1. The Bertz CT molecular complexity index is 1520. The summed E-state index contributed by atoms with van der Waals surface area (Å²) in [6, 6.07) is -3.53. The molecular weight excluding hydrogens is 685 g/mol. The van der Waals surface area contributed by atoms with E-state index >= 15 is 0 Å². The van der Waals surface area contributed by atoms with Crippen LogP contribution >= 0.6 is 0 Å². The number of nitrogens with zero attached hydrogens (tertiary/aromatic N) is 2. The maximum atomic E-state index is 14.5. The zero-order chi connectivity index (χ0) is 38.6. The summed E-state index contributed by atoms with van der Waals surface area (Å²) in [5.74, 6) is -2.26. The van der Waals surface area contributed by atoms with Crippen molar-refractivity contribution >= 4 is 39.6 Å². The van der Waals surface area contributed by atoms with Crippen molar-refractivity contribution < 1.29 is 32.4 Å². The molecule has 1 saturated heterocycles. The molecule has 0 aromatic carbocycles. The number of ketones is 1. The molecule has 1 heterocycles. The Morgan fingerprint density at radius 2 is 1.54 bits per heavy atom. The highest BCUT2D eigenvalue weighted by atomic mass is 32.2. The van der Waals surface area contributed by atoms with Gasteiger partial charge in [0.2, 0.25) is 27.6 Å². The van der Waals surface area contributed by atoms with Crippen molar-refractivity contribution in [1.82, 2.24) is 30.5 Å². The number of Topliss-reactive ketones (excluding diaryl/α,β-unsaturated/α-hetero) is 1. The average molecular weight is 749 g/mol. The SMILES string of the molecule is CCC[C@H](NC(=O)[C@@H]1[C@@H]2[C@H](CN1C(=O)[C@@H](NC(=O)NC1(CS(=O)(=O)N(C)C(C)(C)C3CC3)CCCCC1)C(C)(C)C)C2(C)C)C(=O)C(=O)NC1CC1. The number of amides is 5. The Morgan fingerprint density at radius 3 is 2.08 bits per heavy atom. The van der Waals surface area contributed by atoms with E-state index in [4.69, 9.17) is 0 Å². The number of carbonyl (C=O) groups excluding carboxylic acids is 5. The van der Waals surface area contributed by atoms with Gasteiger partial charge in [0.1, 0.15) is 12.1 Å². The minimum atomic E-state index is -3.75. The van der Waals surface area contributed by atoms with Gasteiger partial charge in [0.05, 0.1) is 17.3 Å². The minimum Gasteiger partial charge on any atom is -0.347 e. The number of piperidine rings is 1. The van der Waals surface area contributed by atoms with E-state index in [2.05, 4.69) is 35.1 Å². The van der Waals surface area contributed by atoms with Crippen molar-refractivity contribution in [3.05, 3.63) is 0 Å². The van der Waals surface area contributed by atoms with E-state index in [1.54, 1.807) is 11.9 Å². The van der Waals surface area contributed by atoms with Gasteiger partial charge in [-0.25, -0.2) is 13.2 Å². The monoisotopic (exact) mass is 748 g/mol. The highest BCUT2D eigenvalue weighted by Crippen LogP contribution is 2.65. The topological polar surface area (TPSA) is 174 Å². The highest BCUT2D eigenvalue weighted by Gasteiger charge is 2.70. The lowest BCUT2D eigenvalue weighted by atomic mass is 9.83. The molecule has 0 aromatic rings. The molecule has 5 aliphatic rings. The van der Waals surface area contributed by atoms with Crippen LogP contribution in [-0.2, 0) is 29.2 Å². The van der Waals surface area contributed by atoms with E-state index < -0.39 is 74.2 Å². The minimum absolute atomic E-state index is 0.00244. The van der Waals surface area contributed by atoms with E-state index in [0.717, 1.165) is 44.9 Å². The second-order valence-corrected chi connectivity index (χ2v) is 20.7. The van der Waals surface area contributed by atoms with Crippen molar-refractivity contribution in [2.45, 2.75) is 161 Å². The lowest BCUT2D eigenvalue weighted by molar-refractivity contribution is -0.145. The first-order valence-electron chi connectivity index (χ1n) is 19.6. The van der Waals surface area contributed by atoms with E-state index in [1.165, 1.54) is 4.31 Å². The van der Waals surface area contributed by atoms with Crippen molar-refractivity contribution in [3.8, 4) is 0 Å². The second-order valence-electron chi connectivity index (χ2n) is 18.7. The highest BCUT2D eigenvalue weighted by molar-refractivity contribution is 7.89. The first-order chi connectivity index (χ1) is 24.1.